The number of amides is 1. The molecule has 1 amide bonds. The van der Waals surface area contributed by atoms with Crippen LogP contribution in [0.25, 0.3) is 0 Å². The molecule has 0 aromatic heterocycles. The second-order valence-electron chi connectivity index (χ2n) is 2.74. The fourth-order valence-electron chi connectivity index (χ4n) is 0.664. The van der Waals surface area contributed by atoms with Crippen molar-refractivity contribution in [2.45, 2.75) is 13.3 Å². The van der Waals surface area contributed by atoms with Crippen molar-refractivity contribution in [2.75, 3.05) is 19.8 Å². The maximum atomic E-state index is 10.8. The molecule has 0 saturated carbocycles. The maximum Gasteiger partial charge on any atom is 0.232 e. The lowest BCUT2D eigenvalue weighted by molar-refractivity contribution is -0.120. The molecule has 1 N–H and O–H groups in total. The third-order valence-corrected chi connectivity index (χ3v) is 1.18. The second-order valence-corrected chi connectivity index (χ2v) is 2.74. The van der Waals surface area contributed by atoms with Crippen LogP contribution in [0.15, 0.2) is 12.2 Å². The molecule has 0 spiro atoms. The Balaban J connectivity index is 3.22. The van der Waals surface area contributed by atoms with Gasteiger partial charge in [-0.1, -0.05) is 18.1 Å². The van der Waals surface area contributed by atoms with E-state index in [2.05, 4.69) is 17.8 Å². The van der Waals surface area contributed by atoms with Crippen molar-refractivity contribution >= 4 is 5.91 Å². The van der Waals surface area contributed by atoms with Gasteiger partial charge in [-0.2, -0.15) is 0 Å². The number of ether oxygens (including phenoxy) is 1. The van der Waals surface area contributed by atoms with Gasteiger partial charge in [0.2, 0.25) is 5.91 Å². The van der Waals surface area contributed by atoms with Crippen LogP contribution in [0.1, 0.15) is 13.3 Å². The summed E-state index contributed by atoms with van der Waals surface area (Å²) in [6, 6.07) is 0. The number of carbonyl (C=O) groups is 1. The van der Waals surface area contributed by atoms with Crippen molar-refractivity contribution in [1.29, 1.82) is 0 Å². The van der Waals surface area contributed by atoms with Gasteiger partial charge in [0.25, 0.3) is 0 Å². The lowest BCUT2D eigenvalue weighted by atomic mass is 10.4. The molecule has 0 aromatic rings. The molecule has 0 radical (unpaired) electrons. The van der Waals surface area contributed by atoms with E-state index in [1.807, 2.05) is 6.92 Å². The third-order valence-electron chi connectivity index (χ3n) is 1.18. The largest absolute Gasteiger partial charge is 0.375 e. The summed E-state index contributed by atoms with van der Waals surface area (Å²) >= 11 is 0. The number of rotatable bonds is 6. The average Bonchev–Trinajstić information content (AvgIpc) is 2.03. The van der Waals surface area contributed by atoms with E-state index in [1.54, 1.807) is 0 Å². The SMILES string of the molecule is C#CCC(=O)NCCOCC(=C)C. The molecule has 0 atom stereocenters. The number of terminal acetylenes is 1. The van der Waals surface area contributed by atoms with Crippen molar-refractivity contribution in [3.63, 3.8) is 0 Å². The fraction of sp³-hybridized carbons (Fsp3) is 0.500. The van der Waals surface area contributed by atoms with Crippen LogP contribution in [0.5, 0.6) is 0 Å². The summed E-state index contributed by atoms with van der Waals surface area (Å²) in [5, 5.41) is 2.62. The summed E-state index contributed by atoms with van der Waals surface area (Å²) in [6.07, 6.45) is 5.07. The molecular formula is C10H15NO2. The van der Waals surface area contributed by atoms with E-state index in [1.165, 1.54) is 0 Å². The quantitative estimate of drug-likeness (QED) is 0.372. The molecule has 0 rings (SSSR count). The Kier molecular flexibility index (Phi) is 6.66. The molecule has 3 heteroatoms. The second kappa shape index (κ2) is 7.38. The van der Waals surface area contributed by atoms with E-state index in [4.69, 9.17) is 11.2 Å². The Morgan fingerprint density at radius 3 is 2.92 bits per heavy atom. The summed E-state index contributed by atoms with van der Waals surface area (Å²) in [5.41, 5.74) is 0.968. The molecule has 72 valence electrons. The summed E-state index contributed by atoms with van der Waals surface area (Å²) < 4.78 is 5.16. The molecule has 0 aliphatic heterocycles. The average molecular weight is 181 g/mol. The Hall–Kier alpha value is -1.27. The zero-order chi connectivity index (χ0) is 10.1. The highest BCUT2D eigenvalue weighted by Crippen LogP contribution is 1.86. The van der Waals surface area contributed by atoms with Crippen LogP contribution < -0.4 is 5.32 Å². The van der Waals surface area contributed by atoms with Crippen molar-refractivity contribution in [3.8, 4) is 12.3 Å². The van der Waals surface area contributed by atoms with Crippen molar-refractivity contribution in [3.05, 3.63) is 12.2 Å². The van der Waals surface area contributed by atoms with Crippen LogP contribution in [0.4, 0.5) is 0 Å². The van der Waals surface area contributed by atoms with Gasteiger partial charge in [0.1, 0.15) is 0 Å². The van der Waals surface area contributed by atoms with Crippen LogP contribution in [0.2, 0.25) is 0 Å². The molecule has 0 fully saturated rings. The van der Waals surface area contributed by atoms with Gasteiger partial charge >= 0.3 is 0 Å². The number of hydrogen-bond acceptors (Lipinski definition) is 2. The minimum Gasteiger partial charge on any atom is -0.375 e. The normalized spacial score (nSPS) is 8.92. The van der Waals surface area contributed by atoms with Gasteiger partial charge in [-0.15, -0.1) is 6.42 Å². The molecule has 0 aromatic carbocycles. The zero-order valence-corrected chi connectivity index (χ0v) is 7.93. The van der Waals surface area contributed by atoms with E-state index in [9.17, 15) is 4.79 Å². The molecule has 0 aliphatic carbocycles. The summed E-state index contributed by atoms with van der Waals surface area (Å²) in [5.74, 6) is 2.12. The minimum atomic E-state index is -0.138. The first-order chi connectivity index (χ1) is 6.16. The molecule has 3 nitrogen and oxygen atoms in total. The van der Waals surface area contributed by atoms with Gasteiger partial charge in [0, 0.05) is 6.54 Å². The van der Waals surface area contributed by atoms with Gasteiger partial charge in [-0.25, -0.2) is 0 Å². The minimum absolute atomic E-state index is 0.125. The predicted molar refractivity (Wildman–Crippen MR) is 52.1 cm³/mol. The topological polar surface area (TPSA) is 38.3 Å². The molecule has 13 heavy (non-hydrogen) atoms. The van der Waals surface area contributed by atoms with Crippen LogP contribution in [0, 0.1) is 12.3 Å². The van der Waals surface area contributed by atoms with Gasteiger partial charge in [-0.3, -0.25) is 4.79 Å². The summed E-state index contributed by atoms with van der Waals surface area (Å²) in [7, 11) is 0. The monoisotopic (exact) mass is 181 g/mol. The standard InChI is InChI=1S/C10H15NO2/c1-4-5-10(12)11-6-7-13-8-9(2)3/h1H,2,5-8H2,3H3,(H,11,12). The maximum absolute atomic E-state index is 10.8. The fourth-order valence-corrected chi connectivity index (χ4v) is 0.664. The lowest BCUT2D eigenvalue weighted by Crippen LogP contribution is -2.26. The third kappa shape index (κ3) is 8.64. The smallest absolute Gasteiger partial charge is 0.232 e. The van der Waals surface area contributed by atoms with Gasteiger partial charge in [0.15, 0.2) is 0 Å². The molecule has 0 bridgehead atoms. The Morgan fingerprint density at radius 2 is 2.38 bits per heavy atom. The van der Waals surface area contributed by atoms with Crippen LogP contribution in [0.3, 0.4) is 0 Å². The van der Waals surface area contributed by atoms with E-state index in [0.29, 0.717) is 19.8 Å². The summed E-state index contributed by atoms with van der Waals surface area (Å²) in [6.45, 7) is 7.08. The van der Waals surface area contributed by atoms with Crippen molar-refractivity contribution in [2.24, 2.45) is 0 Å². The first-order valence-corrected chi connectivity index (χ1v) is 4.09. The van der Waals surface area contributed by atoms with Crippen LogP contribution in [-0.2, 0) is 9.53 Å². The Labute approximate surface area is 79.2 Å². The highest BCUT2D eigenvalue weighted by atomic mass is 16.5. The molecule has 0 unspecified atom stereocenters. The lowest BCUT2D eigenvalue weighted by Gasteiger charge is -2.04. The molecular weight excluding hydrogens is 166 g/mol. The summed E-state index contributed by atoms with van der Waals surface area (Å²) in [4.78, 5) is 10.8. The van der Waals surface area contributed by atoms with E-state index >= 15 is 0 Å². The van der Waals surface area contributed by atoms with Crippen molar-refractivity contribution < 1.29 is 9.53 Å². The van der Waals surface area contributed by atoms with E-state index < -0.39 is 0 Å². The van der Waals surface area contributed by atoms with Gasteiger partial charge < -0.3 is 10.1 Å². The van der Waals surface area contributed by atoms with Gasteiger partial charge in [-0.05, 0) is 6.92 Å². The number of carbonyl (C=O) groups excluding carboxylic acids is 1. The molecule has 0 aliphatic rings. The number of hydrogen-bond donors (Lipinski definition) is 1. The van der Waals surface area contributed by atoms with E-state index in [0.717, 1.165) is 5.57 Å². The van der Waals surface area contributed by atoms with Crippen LogP contribution in [-0.4, -0.2) is 25.7 Å². The first-order valence-electron chi connectivity index (χ1n) is 4.09. The Morgan fingerprint density at radius 1 is 1.69 bits per heavy atom. The molecule has 0 saturated heterocycles. The zero-order valence-electron chi connectivity index (χ0n) is 7.93. The number of nitrogens with one attached hydrogen (secondary N) is 1. The van der Waals surface area contributed by atoms with Gasteiger partial charge in [0.05, 0.1) is 19.6 Å². The Bertz CT molecular complexity index is 215. The highest BCUT2D eigenvalue weighted by molar-refractivity contribution is 5.78. The van der Waals surface area contributed by atoms with E-state index in [-0.39, 0.29) is 12.3 Å². The van der Waals surface area contributed by atoms with Crippen LogP contribution >= 0.6 is 0 Å². The highest BCUT2D eigenvalue weighted by Gasteiger charge is 1.96. The predicted octanol–water partition coefficient (Wildman–Crippen LogP) is 0.719. The van der Waals surface area contributed by atoms with Crippen molar-refractivity contribution in [1.82, 2.24) is 5.32 Å². The molecule has 0 heterocycles. The first kappa shape index (κ1) is 11.7.